The van der Waals surface area contributed by atoms with Gasteiger partial charge >= 0.3 is 0 Å². The normalized spacial score (nSPS) is 17.5. The van der Waals surface area contributed by atoms with Crippen LogP contribution in [-0.4, -0.2) is 33.7 Å². The monoisotopic (exact) mass is 426 g/mol. The fraction of sp³-hybridized carbons (Fsp3) is 0.375. The maximum Gasteiger partial charge on any atom is 0.251 e. The number of nitrogens with one attached hydrogen (secondary N) is 1. The number of carbonyl (C=O) groups excluding carboxylic acids is 1. The third-order valence-electron chi connectivity index (χ3n) is 5.54. The molecule has 0 spiro atoms. The Balaban J connectivity index is 1.98. The second kappa shape index (κ2) is 9.47. The van der Waals surface area contributed by atoms with E-state index in [1.807, 2.05) is 18.2 Å². The largest absolute Gasteiger partial charge is 0.349 e. The van der Waals surface area contributed by atoms with Crippen molar-refractivity contribution in [2.24, 2.45) is 0 Å². The van der Waals surface area contributed by atoms with Crippen molar-refractivity contribution in [3.63, 3.8) is 0 Å². The quantitative estimate of drug-likeness (QED) is 0.755. The molecular formula is C24H30N2O3S. The van der Waals surface area contributed by atoms with E-state index < -0.39 is 10.0 Å². The van der Waals surface area contributed by atoms with Crippen LogP contribution in [0.5, 0.6) is 0 Å². The highest BCUT2D eigenvalue weighted by molar-refractivity contribution is 7.92. The summed E-state index contributed by atoms with van der Waals surface area (Å²) in [6.07, 6.45) is 8.16. The molecule has 1 aliphatic rings. The molecule has 6 heteroatoms. The van der Waals surface area contributed by atoms with Crippen molar-refractivity contribution in [2.45, 2.75) is 44.6 Å². The topological polar surface area (TPSA) is 66.5 Å². The smallest absolute Gasteiger partial charge is 0.251 e. The minimum absolute atomic E-state index is 0.0760. The molecule has 0 aliphatic carbocycles. The zero-order valence-electron chi connectivity index (χ0n) is 17.7. The van der Waals surface area contributed by atoms with E-state index in [0.717, 1.165) is 37.7 Å². The van der Waals surface area contributed by atoms with Gasteiger partial charge in [0.2, 0.25) is 10.0 Å². The summed E-state index contributed by atoms with van der Waals surface area (Å²) in [6.45, 7) is 3.83. The van der Waals surface area contributed by atoms with Crippen LogP contribution in [0.25, 0.3) is 0 Å². The number of sulfonamides is 1. The van der Waals surface area contributed by atoms with Crippen LogP contribution < -0.4 is 9.62 Å². The Labute approximate surface area is 179 Å². The van der Waals surface area contributed by atoms with E-state index >= 15 is 0 Å². The van der Waals surface area contributed by atoms with Crippen molar-refractivity contribution in [2.75, 3.05) is 17.6 Å². The first-order valence-corrected chi connectivity index (χ1v) is 12.2. The number of aryl methyl sites for hydroxylation is 2. The van der Waals surface area contributed by atoms with Gasteiger partial charge in [-0.15, -0.1) is 6.58 Å². The van der Waals surface area contributed by atoms with Crippen LogP contribution in [0.2, 0.25) is 0 Å². The van der Waals surface area contributed by atoms with Gasteiger partial charge in [-0.3, -0.25) is 9.10 Å². The number of anilines is 1. The molecule has 2 aromatic rings. The minimum atomic E-state index is -3.42. The summed E-state index contributed by atoms with van der Waals surface area (Å²) in [6, 6.07) is 13.9. The lowest BCUT2D eigenvalue weighted by molar-refractivity contribution is 0.0937. The molecule has 0 saturated heterocycles. The number of benzene rings is 2. The molecule has 5 nitrogen and oxygen atoms in total. The third kappa shape index (κ3) is 5.72. The Morgan fingerprint density at radius 1 is 1.10 bits per heavy atom. The lowest BCUT2D eigenvalue weighted by atomic mass is 9.96. The van der Waals surface area contributed by atoms with E-state index in [2.05, 4.69) is 36.2 Å². The predicted octanol–water partition coefficient (Wildman–Crippen LogP) is 3.88. The molecule has 1 aliphatic heterocycles. The van der Waals surface area contributed by atoms with Crippen LogP contribution >= 0.6 is 0 Å². The van der Waals surface area contributed by atoms with Crippen LogP contribution in [0.3, 0.4) is 0 Å². The van der Waals surface area contributed by atoms with Crippen LogP contribution in [0.15, 0.2) is 55.1 Å². The highest BCUT2D eigenvalue weighted by Crippen LogP contribution is 2.23. The van der Waals surface area contributed by atoms with Crippen molar-refractivity contribution >= 4 is 21.6 Å². The molecule has 160 valence electrons. The average Bonchev–Trinajstić information content (AvgIpc) is 2.69. The van der Waals surface area contributed by atoms with Gasteiger partial charge in [0.05, 0.1) is 11.9 Å². The average molecular weight is 427 g/mol. The number of amides is 1. The second-order valence-corrected chi connectivity index (χ2v) is 10.1. The van der Waals surface area contributed by atoms with Gasteiger partial charge in [-0.1, -0.05) is 30.3 Å². The van der Waals surface area contributed by atoms with Crippen LogP contribution in [0, 0.1) is 0 Å². The number of nitrogens with zero attached hydrogens (tertiary/aromatic N) is 1. The Morgan fingerprint density at radius 3 is 2.50 bits per heavy atom. The summed E-state index contributed by atoms with van der Waals surface area (Å²) >= 11 is 0. The lowest BCUT2D eigenvalue weighted by Gasteiger charge is -2.21. The molecule has 30 heavy (non-hydrogen) atoms. The SMILES string of the molecule is C=CC[C@@H]1Cc2cccc(c2)CCCCc2cc(cc(N(C)S(C)(=O)=O)c2)C(=O)N1. The number of fused-ring (bicyclic) bond motifs is 4. The summed E-state index contributed by atoms with van der Waals surface area (Å²) in [5, 5.41) is 3.12. The van der Waals surface area contributed by atoms with Gasteiger partial charge < -0.3 is 5.32 Å². The molecule has 0 aromatic heterocycles. The van der Waals surface area contributed by atoms with E-state index in [4.69, 9.17) is 0 Å². The maximum atomic E-state index is 13.1. The maximum absolute atomic E-state index is 13.1. The molecule has 1 amide bonds. The number of rotatable bonds is 4. The molecule has 1 N–H and O–H groups in total. The Bertz CT molecular complexity index is 1030. The Morgan fingerprint density at radius 2 is 1.80 bits per heavy atom. The van der Waals surface area contributed by atoms with Gasteiger partial charge in [0.25, 0.3) is 5.91 Å². The summed E-state index contributed by atoms with van der Waals surface area (Å²) in [4.78, 5) is 13.1. The van der Waals surface area contributed by atoms with Crippen LogP contribution in [0.4, 0.5) is 5.69 Å². The van der Waals surface area contributed by atoms with E-state index in [-0.39, 0.29) is 11.9 Å². The molecule has 0 unspecified atom stereocenters. The van der Waals surface area contributed by atoms with Crippen LogP contribution in [-0.2, 0) is 29.3 Å². The summed E-state index contributed by atoms with van der Waals surface area (Å²) < 4.78 is 25.3. The van der Waals surface area contributed by atoms with Crippen molar-refractivity contribution in [1.29, 1.82) is 0 Å². The fourth-order valence-corrected chi connectivity index (χ4v) is 4.33. The van der Waals surface area contributed by atoms with Crippen LogP contribution in [0.1, 0.15) is 46.3 Å². The van der Waals surface area contributed by atoms with Crippen molar-refractivity contribution < 1.29 is 13.2 Å². The van der Waals surface area contributed by atoms with Crippen molar-refractivity contribution in [3.05, 3.63) is 77.4 Å². The molecule has 3 rings (SSSR count). The molecule has 0 fully saturated rings. The van der Waals surface area contributed by atoms with E-state index in [1.165, 1.54) is 28.7 Å². The van der Waals surface area contributed by atoms with E-state index in [1.54, 1.807) is 6.07 Å². The van der Waals surface area contributed by atoms with E-state index in [9.17, 15) is 13.2 Å². The highest BCUT2D eigenvalue weighted by atomic mass is 32.2. The lowest BCUT2D eigenvalue weighted by Crippen LogP contribution is -2.36. The predicted molar refractivity (Wildman–Crippen MR) is 123 cm³/mol. The standard InChI is InChI=1S/C24H30N2O3S/c1-4-8-22-15-19-12-7-11-18(13-19)9-5-6-10-20-14-21(24(27)25-22)17-23(16-20)26(2)30(3,28)29/h4,7,11-14,16-17,22H,1,5-6,8-10,15H2,2-3H3,(H,25,27)/t22-/m1/s1. The molecule has 2 aromatic carbocycles. The van der Waals surface area contributed by atoms with Gasteiger partial charge in [-0.25, -0.2) is 8.42 Å². The molecule has 4 bridgehead atoms. The van der Waals surface area contributed by atoms with Gasteiger partial charge in [-0.05, 0) is 73.4 Å². The number of hydrogen-bond donors (Lipinski definition) is 1. The first-order chi connectivity index (χ1) is 14.3. The molecular weight excluding hydrogens is 396 g/mol. The van der Waals surface area contributed by atoms with Gasteiger partial charge in [0.1, 0.15) is 0 Å². The summed E-state index contributed by atoms with van der Waals surface area (Å²) in [7, 11) is -1.90. The first-order valence-electron chi connectivity index (χ1n) is 10.3. The van der Waals surface area contributed by atoms with Gasteiger partial charge in [-0.2, -0.15) is 0 Å². The molecule has 1 atom stereocenters. The third-order valence-corrected chi connectivity index (χ3v) is 6.75. The highest BCUT2D eigenvalue weighted by Gasteiger charge is 2.19. The number of hydrogen-bond acceptors (Lipinski definition) is 3. The Kier molecular flexibility index (Phi) is 6.98. The molecule has 0 radical (unpaired) electrons. The minimum Gasteiger partial charge on any atom is -0.349 e. The summed E-state index contributed by atoms with van der Waals surface area (Å²) in [5.74, 6) is -0.194. The van der Waals surface area contributed by atoms with Gasteiger partial charge in [0, 0.05) is 18.7 Å². The molecule has 0 saturated carbocycles. The zero-order chi connectivity index (χ0) is 21.7. The zero-order valence-corrected chi connectivity index (χ0v) is 18.5. The second-order valence-electron chi connectivity index (χ2n) is 8.04. The summed E-state index contributed by atoms with van der Waals surface area (Å²) in [5.41, 5.74) is 4.47. The first kappa shape index (κ1) is 22.1. The van der Waals surface area contributed by atoms with Crippen molar-refractivity contribution in [1.82, 2.24) is 5.32 Å². The van der Waals surface area contributed by atoms with Crippen molar-refractivity contribution in [3.8, 4) is 0 Å². The molecule has 1 heterocycles. The fourth-order valence-electron chi connectivity index (χ4n) is 3.84. The number of carbonyl (C=O) groups is 1. The Hall–Kier alpha value is -2.60. The van der Waals surface area contributed by atoms with Gasteiger partial charge in [0.15, 0.2) is 0 Å². The van der Waals surface area contributed by atoms with E-state index in [0.29, 0.717) is 17.7 Å².